The summed E-state index contributed by atoms with van der Waals surface area (Å²) < 4.78 is 34.8. The summed E-state index contributed by atoms with van der Waals surface area (Å²) in [6, 6.07) is 12.8. The number of rotatable bonds is 15. The molecule has 0 aliphatic rings. The largest absolute Gasteiger partial charge is 0.481 e. The maximum Gasteiger partial charge on any atom is 0.408 e. The highest BCUT2D eigenvalue weighted by Crippen LogP contribution is 2.19. The standard InChI is InChI=1S/C29H39NO9S/c1-20-10-16-24(17-11-20)40(36,37)38-18-6-8-22-14-12-21(13-15-22)7-5-9-23(26(31)32)19-25(27(33)34)30-28(35)39-29(2,3)4/h10-17,23,25H,5-9,18-19H2,1-4H3,(H,30,35)(H,31,32)(H,33,34)/t23-,25-/m0/s1. The van der Waals surface area contributed by atoms with Crippen molar-refractivity contribution in [2.45, 2.75) is 82.8 Å². The van der Waals surface area contributed by atoms with E-state index in [1.807, 2.05) is 31.2 Å². The van der Waals surface area contributed by atoms with E-state index in [1.54, 1.807) is 32.9 Å². The van der Waals surface area contributed by atoms with Crippen LogP contribution in [-0.2, 0) is 41.5 Å². The van der Waals surface area contributed by atoms with Gasteiger partial charge in [0.15, 0.2) is 0 Å². The molecule has 0 radical (unpaired) electrons. The van der Waals surface area contributed by atoms with Crippen LogP contribution >= 0.6 is 0 Å². The molecule has 40 heavy (non-hydrogen) atoms. The molecule has 0 fully saturated rings. The minimum absolute atomic E-state index is 0.0641. The number of benzene rings is 2. The molecule has 2 rings (SSSR count). The first-order valence-electron chi connectivity index (χ1n) is 13.2. The number of ether oxygens (including phenoxy) is 1. The molecule has 0 heterocycles. The number of carboxylic acids is 2. The summed E-state index contributed by atoms with van der Waals surface area (Å²) in [6.07, 6.45) is 1.33. The number of alkyl carbamates (subject to hydrolysis) is 1. The lowest BCUT2D eigenvalue weighted by molar-refractivity contribution is -0.144. The molecule has 10 nitrogen and oxygen atoms in total. The summed E-state index contributed by atoms with van der Waals surface area (Å²) in [5.74, 6) is -3.41. The van der Waals surface area contributed by atoms with Crippen molar-refractivity contribution in [1.29, 1.82) is 0 Å². The molecular weight excluding hydrogens is 538 g/mol. The second-order valence-corrected chi connectivity index (χ2v) is 12.3. The molecule has 0 saturated carbocycles. The van der Waals surface area contributed by atoms with Gasteiger partial charge < -0.3 is 20.3 Å². The van der Waals surface area contributed by atoms with Gasteiger partial charge in [0.2, 0.25) is 0 Å². The molecule has 0 spiro atoms. The third-order valence-electron chi connectivity index (χ3n) is 6.06. The molecule has 0 aromatic heterocycles. The molecule has 0 unspecified atom stereocenters. The Morgan fingerprint density at radius 3 is 1.93 bits per heavy atom. The minimum Gasteiger partial charge on any atom is -0.481 e. The SMILES string of the molecule is Cc1ccc(S(=O)(=O)OCCCc2ccc(CCC[C@@H](C[C@H](NC(=O)OC(C)(C)C)C(=O)O)C(=O)O)cc2)cc1. The molecule has 0 aliphatic heterocycles. The third-order valence-corrected chi connectivity index (χ3v) is 7.38. The average Bonchev–Trinajstić information content (AvgIpc) is 2.85. The van der Waals surface area contributed by atoms with Gasteiger partial charge in [0.05, 0.1) is 17.4 Å². The summed E-state index contributed by atoms with van der Waals surface area (Å²) in [5.41, 5.74) is 2.16. The normalized spacial score (nSPS) is 13.3. The van der Waals surface area contributed by atoms with Gasteiger partial charge in [0.1, 0.15) is 11.6 Å². The number of aryl methyl sites for hydroxylation is 3. The first-order chi connectivity index (χ1) is 18.7. The number of amides is 1. The van der Waals surface area contributed by atoms with Gasteiger partial charge in [0.25, 0.3) is 10.1 Å². The van der Waals surface area contributed by atoms with Gasteiger partial charge >= 0.3 is 18.0 Å². The van der Waals surface area contributed by atoms with Gasteiger partial charge in [-0.05, 0) is 89.5 Å². The number of hydrogen-bond donors (Lipinski definition) is 3. The second kappa shape index (κ2) is 14.8. The highest BCUT2D eigenvalue weighted by molar-refractivity contribution is 7.86. The molecule has 0 bridgehead atoms. The van der Waals surface area contributed by atoms with Crippen molar-refractivity contribution in [2.24, 2.45) is 5.92 Å². The van der Waals surface area contributed by atoms with Gasteiger partial charge in [-0.2, -0.15) is 8.42 Å². The Bertz CT molecular complexity index is 1230. The lowest BCUT2D eigenvalue weighted by atomic mass is 9.93. The number of aliphatic carboxylic acids is 2. The monoisotopic (exact) mass is 577 g/mol. The molecule has 2 aromatic carbocycles. The predicted molar refractivity (Wildman–Crippen MR) is 149 cm³/mol. The van der Waals surface area contributed by atoms with Crippen LogP contribution in [0.3, 0.4) is 0 Å². The second-order valence-electron chi connectivity index (χ2n) is 10.7. The molecule has 3 N–H and O–H groups in total. The summed E-state index contributed by atoms with van der Waals surface area (Å²) in [4.78, 5) is 35.5. The van der Waals surface area contributed by atoms with Crippen LogP contribution in [0.2, 0.25) is 0 Å². The summed E-state index contributed by atoms with van der Waals surface area (Å²) in [7, 11) is -3.79. The van der Waals surface area contributed by atoms with E-state index in [-0.39, 0.29) is 24.3 Å². The van der Waals surface area contributed by atoms with Crippen LogP contribution in [-0.4, -0.2) is 54.9 Å². The molecule has 2 aromatic rings. The number of hydrogen-bond acceptors (Lipinski definition) is 7. The first-order valence-corrected chi connectivity index (χ1v) is 14.6. The van der Waals surface area contributed by atoms with E-state index in [9.17, 15) is 33.0 Å². The summed E-state index contributed by atoms with van der Waals surface area (Å²) in [5, 5.41) is 21.3. The lowest BCUT2D eigenvalue weighted by Crippen LogP contribution is -2.45. The highest BCUT2D eigenvalue weighted by Gasteiger charge is 2.29. The quantitative estimate of drug-likeness (QED) is 0.201. The van der Waals surface area contributed by atoms with Gasteiger partial charge in [-0.25, -0.2) is 9.59 Å². The lowest BCUT2D eigenvalue weighted by Gasteiger charge is -2.23. The van der Waals surface area contributed by atoms with Crippen molar-refractivity contribution in [3.63, 3.8) is 0 Å². The fraction of sp³-hybridized carbons (Fsp3) is 0.483. The van der Waals surface area contributed by atoms with Crippen LogP contribution in [0.5, 0.6) is 0 Å². The van der Waals surface area contributed by atoms with Gasteiger partial charge in [-0.3, -0.25) is 8.98 Å². The predicted octanol–water partition coefficient (Wildman–Crippen LogP) is 4.72. The molecule has 1 amide bonds. The van der Waals surface area contributed by atoms with E-state index in [1.165, 1.54) is 12.1 Å². The van der Waals surface area contributed by atoms with E-state index in [0.29, 0.717) is 25.7 Å². The number of carboxylic acid groups (broad SMARTS) is 2. The molecular formula is C29H39NO9S. The smallest absolute Gasteiger partial charge is 0.408 e. The van der Waals surface area contributed by atoms with Crippen LogP contribution in [0, 0.1) is 12.8 Å². The molecule has 220 valence electrons. The van der Waals surface area contributed by atoms with Crippen molar-refractivity contribution in [2.75, 3.05) is 6.61 Å². The zero-order valence-electron chi connectivity index (χ0n) is 23.4. The fourth-order valence-corrected chi connectivity index (χ4v) is 4.88. The Kier molecular flexibility index (Phi) is 12.1. The van der Waals surface area contributed by atoms with Crippen molar-refractivity contribution in [3.8, 4) is 0 Å². The maximum absolute atomic E-state index is 12.3. The van der Waals surface area contributed by atoms with Crippen LogP contribution in [0.1, 0.15) is 63.1 Å². The van der Waals surface area contributed by atoms with Crippen LogP contribution in [0.15, 0.2) is 53.4 Å². The Morgan fingerprint density at radius 1 is 0.875 bits per heavy atom. The Labute approximate surface area is 235 Å². The number of carbonyl (C=O) groups is 3. The zero-order chi connectivity index (χ0) is 29.9. The highest BCUT2D eigenvalue weighted by atomic mass is 32.2. The molecule has 0 saturated heterocycles. The van der Waals surface area contributed by atoms with Crippen molar-refractivity contribution < 1.29 is 41.9 Å². The first kappa shape index (κ1) is 32.8. The summed E-state index contributed by atoms with van der Waals surface area (Å²) >= 11 is 0. The van der Waals surface area contributed by atoms with E-state index < -0.39 is 45.7 Å². The number of nitrogens with one attached hydrogen (secondary N) is 1. The number of carbonyl (C=O) groups excluding carboxylic acids is 1. The average molecular weight is 578 g/mol. The maximum atomic E-state index is 12.3. The fourth-order valence-electron chi connectivity index (χ4n) is 3.94. The van der Waals surface area contributed by atoms with Crippen molar-refractivity contribution in [1.82, 2.24) is 5.32 Å². The minimum atomic E-state index is -3.79. The topological polar surface area (TPSA) is 156 Å². The Balaban J connectivity index is 1.80. The molecule has 11 heteroatoms. The zero-order valence-corrected chi connectivity index (χ0v) is 24.2. The van der Waals surface area contributed by atoms with E-state index in [0.717, 1.165) is 16.7 Å². The van der Waals surface area contributed by atoms with Crippen LogP contribution < -0.4 is 5.32 Å². The van der Waals surface area contributed by atoms with Crippen molar-refractivity contribution >= 4 is 28.1 Å². The van der Waals surface area contributed by atoms with Gasteiger partial charge in [0, 0.05) is 0 Å². The van der Waals surface area contributed by atoms with E-state index in [2.05, 4.69) is 5.32 Å². The van der Waals surface area contributed by atoms with Crippen LogP contribution in [0.4, 0.5) is 4.79 Å². The molecule has 0 aliphatic carbocycles. The summed E-state index contributed by atoms with van der Waals surface area (Å²) in [6.45, 7) is 6.87. The van der Waals surface area contributed by atoms with E-state index >= 15 is 0 Å². The van der Waals surface area contributed by atoms with E-state index in [4.69, 9.17) is 8.92 Å². The molecule has 2 atom stereocenters. The van der Waals surface area contributed by atoms with Gasteiger partial charge in [-0.1, -0.05) is 42.0 Å². The van der Waals surface area contributed by atoms with Crippen molar-refractivity contribution in [3.05, 3.63) is 65.2 Å². The van der Waals surface area contributed by atoms with Crippen LogP contribution in [0.25, 0.3) is 0 Å². The third kappa shape index (κ3) is 11.7. The Morgan fingerprint density at radius 2 is 1.43 bits per heavy atom. The van der Waals surface area contributed by atoms with Gasteiger partial charge in [-0.15, -0.1) is 0 Å². The Hall–Kier alpha value is -3.44.